The van der Waals surface area contributed by atoms with Crippen LogP contribution in [0.15, 0.2) is 48.5 Å². The molecular formula is C23H24ClNO4. The Bertz CT molecular complexity index is 888. The zero-order valence-electron chi connectivity index (χ0n) is 16.3. The Morgan fingerprint density at radius 3 is 2.24 bits per heavy atom. The Morgan fingerprint density at radius 2 is 1.59 bits per heavy atom. The van der Waals surface area contributed by atoms with Crippen molar-refractivity contribution in [3.05, 3.63) is 70.2 Å². The highest BCUT2D eigenvalue weighted by Gasteiger charge is 2.25. The van der Waals surface area contributed by atoms with Gasteiger partial charge in [0.25, 0.3) is 5.91 Å². The van der Waals surface area contributed by atoms with E-state index in [9.17, 15) is 14.4 Å². The Hall–Kier alpha value is -2.66. The number of carbonyl (C=O) groups is 3. The van der Waals surface area contributed by atoms with Crippen LogP contribution in [0.5, 0.6) is 0 Å². The van der Waals surface area contributed by atoms with E-state index in [0.29, 0.717) is 10.6 Å². The fraction of sp³-hybridized carbons (Fsp3) is 0.348. The van der Waals surface area contributed by atoms with Crippen molar-refractivity contribution >= 4 is 29.3 Å². The van der Waals surface area contributed by atoms with Crippen molar-refractivity contribution < 1.29 is 19.1 Å². The second-order valence-electron chi connectivity index (χ2n) is 7.27. The first-order chi connectivity index (χ1) is 14.0. The number of rotatable bonds is 6. The molecule has 2 aromatic rings. The number of ether oxygens (including phenoxy) is 1. The predicted octanol–water partition coefficient (Wildman–Crippen LogP) is 4.57. The van der Waals surface area contributed by atoms with E-state index in [1.807, 2.05) is 0 Å². The number of benzene rings is 2. The highest BCUT2D eigenvalue weighted by molar-refractivity contribution is 6.30. The van der Waals surface area contributed by atoms with E-state index in [0.717, 1.165) is 25.7 Å². The van der Waals surface area contributed by atoms with Crippen LogP contribution in [-0.2, 0) is 9.53 Å². The van der Waals surface area contributed by atoms with Gasteiger partial charge < -0.3 is 10.1 Å². The van der Waals surface area contributed by atoms with Gasteiger partial charge in [0.15, 0.2) is 11.9 Å². The van der Waals surface area contributed by atoms with Crippen molar-refractivity contribution in [2.75, 3.05) is 0 Å². The van der Waals surface area contributed by atoms with Gasteiger partial charge in [-0.3, -0.25) is 9.59 Å². The normalized spacial score (nSPS) is 15.4. The molecule has 0 saturated heterocycles. The molecule has 1 fully saturated rings. The molecule has 29 heavy (non-hydrogen) atoms. The molecule has 1 aliphatic carbocycles. The molecule has 1 atom stereocenters. The maximum atomic E-state index is 12.8. The average molecular weight is 414 g/mol. The van der Waals surface area contributed by atoms with Gasteiger partial charge in [-0.15, -0.1) is 0 Å². The summed E-state index contributed by atoms with van der Waals surface area (Å²) in [4.78, 5) is 37.9. The summed E-state index contributed by atoms with van der Waals surface area (Å²) in [6.45, 7) is 1.54. The first-order valence-corrected chi connectivity index (χ1v) is 10.2. The number of amides is 1. The third-order valence-corrected chi connectivity index (χ3v) is 5.35. The molecule has 0 unspecified atom stereocenters. The second-order valence-corrected chi connectivity index (χ2v) is 7.71. The van der Waals surface area contributed by atoms with E-state index in [4.69, 9.17) is 16.3 Å². The topological polar surface area (TPSA) is 72.5 Å². The summed E-state index contributed by atoms with van der Waals surface area (Å²) in [5, 5.41) is 3.47. The summed E-state index contributed by atoms with van der Waals surface area (Å²) in [7, 11) is 0. The predicted molar refractivity (Wildman–Crippen MR) is 111 cm³/mol. The lowest BCUT2D eigenvalue weighted by Gasteiger charge is -2.24. The molecule has 1 N–H and O–H groups in total. The van der Waals surface area contributed by atoms with Crippen LogP contribution in [-0.4, -0.2) is 29.8 Å². The molecular weight excluding hydrogens is 390 g/mol. The molecule has 0 aromatic heterocycles. The molecule has 3 rings (SSSR count). The van der Waals surface area contributed by atoms with Crippen molar-refractivity contribution in [2.24, 2.45) is 0 Å². The zero-order valence-corrected chi connectivity index (χ0v) is 17.1. The van der Waals surface area contributed by atoms with Crippen LogP contribution in [0.3, 0.4) is 0 Å². The summed E-state index contributed by atoms with van der Waals surface area (Å²) in [5.41, 5.74) is 0.766. The summed E-state index contributed by atoms with van der Waals surface area (Å²) in [5.74, 6) is -1.32. The summed E-state index contributed by atoms with van der Waals surface area (Å²) in [6, 6.07) is 13.0. The first-order valence-electron chi connectivity index (χ1n) is 9.86. The fourth-order valence-electron chi connectivity index (χ4n) is 3.46. The van der Waals surface area contributed by atoms with Crippen LogP contribution in [0.1, 0.15) is 65.3 Å². The molecule has 0 spiro atoms. The number of nitrogens with one attached hydrogen (secondary N) is 1. The minimum atomic E-state index is -0.942. The lowest BCUT2D eigenvalue weighted by atomic mass is 9.95. The van der Waals surface area contributed by atoms with E-state index in [1.165, 1.54) is 12.5 Å². The molecule has 0 heterocycles. The van der Waals surface area contributed by atoms with Gasteiger partial charge in [-0.25, -0.2) is 4.79 Å². The highest BCUT2D eigenvalue weighted by atomic mass is 35.5. The van der Waals surface area contributed by atoms with Gasteiger partial charge in [0, 0.05) is 22.2 Å². The molecule has 0 aliphatic heterocycles. The Labute approximate surface area is 175 Å². The number of halogens is 1. The van der Waals surface area contributed by atoms with Crippen LogP contribution in [0.4, 0.5) is 0 Å². The van der Waals surface area contributed by atoms with Gasteiger partial charge >= 0.3 is 5.97 Å². The summed E-state index contributed by atoms with van der Waals surface area (Å²) < 4.78 is 5.36. The fourth-order valence-corrected chi connectivity index (χ4v) is 3.58. The van der Waals surface area contributed by atoms with Crippen LogP contribution >= 0.6 is 11.6 Å². The van der Waals surface area contributed by atoms with E-state index in [-0.39, 0.29) is 28.9 Å². The van der Waals surface area contributed by atoms with E-state index >= 15 is 0 Å². The smallest absolute Gasteiger partial charge is 0.339 e. The summed E-state index contributed by atoms with van der Waals surface area (Å²) >= 11 is 5.88. The number of esters is 1. The lowest BCUT2D eigenvalue weighted by molar-refractivity contribution is -0.130. The number of hydrogen-bond donors (Lipinski definition) is 1. The quantitative estimate of drug-likeness (QED) is 0.556. The van der Waals surface area contributed by atoms with Crippen LogP contribution in [0, 0.1) is 0 Å². The van der Waals surface area contributed by atoms with Gasteiger partial charge in [0.05, 0.1) is 5.56 Å². The average Bonchev–Trinajstić information content (AvgIpc) is 2.74. The molecule has 2 aromatic carbocycles. The monoisotopic (exact) mass is 413 g/mol. The Balaban J connectivity index is 1.70. The molecule has 1 aliphatic rings. The first kappa shape index (κ1) is 21.1. The van der Waals surface area contributed by atoms with Crippen LogP contribution < -0.4 is 5.32 Å². The molecule has 0 bridgehead atoms. The van der Waals surface area contributed by atoms with E-state index in [2.05, 4.69) is 5.32 Å². The maximum absolute atomic E-state index is 12.8. The number of hydrogen-bond acceptors (Lipinski definition) is 4. The summed E-state index contributed by atoms with van der Waals surface area (Å²) in [6.07, 6.45) is 4.34. The van der Waals surface area contributed by atoms with Crippen LogP contribution in [0.2, 0.25) is 5.02 Å². The SMILES string of the molecule is C[C@H](OC(=O)c1ccccc1C(=O)c1ccc(Cl)cc1)C(=O)NC1CCCCC1. The molecule has 152 valence electrons. The van der Waals surface area contributed by atoms with Crippen LogP contribution in [0.25, 0.3) is 0 Å². The molecule has 1 amide bonds. The third kappa shape index (κ3) is 5.45. The van der Waals surface area contributed by atoms with E-state index in [1.54, 1.807) is 49.4 Å². The minimum Gasteiger partial charge on any atom is -0.449 e. The van der Waals surface area contributed by atoms with Crippen molar-refractivity contribution in [1.29, 1.82) is 0 Å². The van der Waals surface area contributed by atoms with Gasteiger partial charge in [0.2, 0.25) is 0 Å². The van der Waals surface area contributed by atoms with E-state index < -0.39 is 12.1 Å². The zero-order chi connectivity index (χ0) is 20.8. The lowest BCUT2D eigenvalue weighted by Crippen LogP contribution is -2.42. The van der Waals surface area contributed by atoms with Crippen molar-refractivity contribution in [3.63, 3.8) is 0 Å². The van der Waals surface area contributed by atoms with Crippen molar-refractivity contribution in [3.8, 4) is 0 Å². The van der Waals surface area contributed by atoms with Crippen molar-refractivity contribution in [2.45, 2.75) is 51.2 Å². The molecule has 6 heteroatoms. The molecule has 0 radical (unpaired) electrons. The Morgan fingerprint density at radius 1 is 0.966 bits per heavy atom. The van der Waals surface area contributed by atoms with Gasteiger partial charge in [0.1, 0.15) is 0 Å². The standard InChI is InChI=1S/C23H24ClNO4/c1-15(22(27)25-18-7-3-2-4-8-18)29-23(28)20-10-6-5-9-19(20)21(26)16-11-13-17(24)14-12-16/h5-6,9-15,18H,2-4,7-8H2,1H3,(H,25,27)/t15-/m0/s1. The van der Waals surface area contributed by atoms with Gasteiger partial charge in [-0.05, 0) is 50.1 Å². The molecule has 1 saturated carbocycles. The second kappa shape index (κ2) is 9.70. The van der Waals surface area contributed by atoms with Gasteiger partial charge in [-0.2, -0.15) is 0 Å². The number of carbonyl (C=O) groups excluding carboxylic acids is 3. The number of ketones is 1. The highest BCUT2D eigenvalue weighted by Crippen LogP contribution is 2.19. The third-order valence-electron chi connectivity index (χ3n) is 5.10. The Kier molecular flexibility index (Phi) is 7.04. The molecule has 5 nitrogen and oxygen atoms in total. The van der Waals surface area contributed by atoms with Crippen molar-refractivity contribution in [1.82, 2.24) is 5.32 Å². The minimum absolute atomic E-state index is 0.129. The maximum Gasteiger partial charge on any atom is 0.339 e. The van der Waals surface area contributed by atoms with Gasteiger partial charge in [-0.1, -0.05) is 49.1 Å². The largest absolute Gasteiger partial charge is 0.449 e.